The van der Waals surface area contributed by atoms with Crippen LogP contribution >= 0.6 is 11.8 Å². The quantitative estimate of drug-likeness (QED) is 0.615. The Hall–Kier alpha value is -1.00. The van der Waals surface area contributed by atoms with E-state index in [0.29, 0.717) is 18.9 Å². The van der Waals surface area contributed by atoms with Crippen molar-refractivity contribution >= 4 is 17.7 Å². The third-order valence-corrected chi connectivity index (χ3v) is 3.86. The molecule has 0 saturated carbocycles. The largest absolute Gasteiger partial charge is 0.465 e. The van der Waals surface area contributed by atoms with Crippen molar-refractivity contribution in [3.8, 4) is 0 Å². The Labute approximate surface area is 119 Å². The van der Waals surface area contributed by atoms with Crippen LogP contribution in [-0.2, 0) is 9.53 Å². The molecule has 106 valence electrons. The molecule has 0 fully saturated rings. The van der Waals surface area contributed by atoms with Crippen molar-refractivity contribution in [2.24, 2.45) is 5.92 Å². The van der Waals surface area contributed by atoms with Crippen molar-refractivity contribution in [2.45, 2.75) is 37.9 Å². The van der Waals surface area contributed by atoms with Crippen LogP contribution in [0.25, 0.3) is 0 Å². The minimum absolute atomic E-state index is 0.240. The van der Waals surface area contributed by atoms with Crippen molar-refractivity contribution in [1.82, 2.24) is 0 Å². The molecule has 0 aliphatic heterocycles. The molecule has 19 heavy (non-hydrogen) atoms. The molecular weight excluding hydrogens is 260 g/mol. The summed E-state index contributed by atoms with van der Waals surface area (Å²) in [6.07, 6.45) is 0.702. The lowest BCUT2D eigenvalue weighted by molar-refractivity contribution is -0.142. The summed E-state index contributed by atoms with van der Waals surface area (Å²) in [7, 11) is 0. The highest BCUT2D eigenvalue weighted by Crippen LogP contribution is 2.33. The summed E-state index contributed by atoms with van der Waals surface area (Å²) in [5, 5.41) is 9.85. The van der Waals surface area contributed by atoms with E-state index in [4.69, 9.17) is 4.74 Å². The summed E-state index contributed by atoms with van der Waals surface area (Å²) in [4.78, 5) is 11.9. The molecule has 2 unspecified atom stereocenters. The zero-order valence-electron chi connectivity index (χ0n) is 11.7. The summed E-state index contributed by atoms with van der Waals surface area (Å²) in [6.45, 7) is 6.28. The molecular formula is C15H22O3S. The minimum Gasteiger partial charge on any atom is -0.465 e. The predicted molar refractivity (Wildman–Crippen MR) is 78.9 cm³/mol. The maximum Gasteiger partial charge on any atom is 0.319 e. The van der Waals surface area contributed by atoms with Gasteiger partial charge in [0.25, 0.3) is 0 Å². The maximum absolute atomic E-state index is 11.9. The molecule has 1 aromatic rings. The first-order valence-electron chi connectivity index (χ1n) is 6.59. The number of ether oxygens (including phenoxy) is 1. The summed E-state index contributed by atoms with van der Waals surface area (Å²) < 4.78 is 5.07. The molecule has 0 spiro atoms. The lowest BCUT2D eigenvalue weighted by atomic mass is 10.1. The van der Waals surface area contributed by atoms with Crippen LogP contribution in [0.5, 0.6) is 0 Å². The Balaban J connectivity index is 2.68. The summed E-state index contributed by atoms with van der Waals surface area (Å²) in [5.41, 5.74) is 0.111. The second-order valence-corrected chi connectivity index (χ2v) is 6.06. The molecule has 0 aromatic heterocycles. The number of esters is 1. The van der Waals surface area contributed by atoms with Gasteiger partial charge >= 0.3 is 5.97 Å². The molecule has 0 bridgehead atoms. The molecule has 1 rings (SSSR count). The van der Waals surface area contributed by atoms with E-state index in [0.717, 1.165) is 5.56 Å². The normalized spacial score (nSPS) is 14.2. The Kier molecular flexibility index (Phi) is 6.95. The van der Waals surface area contributed by atoms with Crippen LogP contribution in [0.1, 0.15) is 38.2 Å². The third-order valence-electron chi connectivity index (χ3n) is 2.61. The Bertz CT molecular complexity index is 378. The van der Waals surface area contributed by atoms with Gasteiger partial charge < -0.3 is 9.84 Å². The average molecular weight is 282 g/mol. The molecule has 1 aromatic carbocycles. The van der Waals surface area contributed by atoms with Crippen LogP contribution in [0.15, 0.2) is 30.3 Å². The van der Waals surface area contributed by atoms with Gasteiger partial charge in [-0.3, -0.25) is 4.79 Å². The Morgan fingerprint density at radius 3 is 2.47 bits per heavy atom. The van der Waals surface area contributed by atoms with Crippen LogP contribution in [0.4, 0.5) is 0 Å². The van der Waals surface area contributed by atoms with Crippen LogP contribution in [-0.4, -0.2) is 22.9 Å². The van der Waals surface area contributed by atoms with E-state index in [1.807, 2.05) is 30.3 Å². The van der Waals surface area contributed by atoms with E-state index in [1.54, 1.807) is 6.92 Å². The van der Waals surface area contributed by atoms with Gasteiger partial charge in [0.2, 0.25) is 0 Å². The minimum atomic E-state index is -0.700. The zero-order valence-corrected chi connectivity index (χ0v) is 12.5. The van der Waals surface area contributed by atoms with Crippen molar-refractivity contribution in [3.05, 3.63) is 35.9 Å². The second-order valence-electron chi connectivity index (χ2n) is 4.77. The van der Waals surface area contributed by atoms with Gasteiger partial charge in [0.15, 0.2) is 0 Å². The second kappa shape index (κ2) is 8.23. The van der Waals surface area contributed by atoms with Gasteiger partial charge in [-0.25, -0.2) is 0 Å². The zero-order chi connectivity index (χ0) is 14.3. The van der Waals surface area contributed by atoms with Gasteiger partial charge in [-0.15, -0.1) is 11.8 Å². The molecule has 4 heteroatoms. The SMILES string of the molecule is CCOC(=O)C(CC(C)C)SC(O)c1ccccc1. The molecule has 0 heterocycles. The topological polar surface area (TPSA) is 46.5 Å². The maximum atomic E-state index is 11.9. The summed E-state index contributed by atoms with van der Waals surface area (Å²) in [6, 6.07) is 9.37. The predicted octanol–water partition coefficient (Wildman–Crippen LogP) is 3.39. The first-order valence-corrected chi connectivity index (χ1v) is 7.54. The number of hydrogen-bond acceptors (Lipinski definition) is 4. The van der Waals surface area contributed by atoms with Crippen molar-refractivity contribution in [3.63, 3.8) is 0 Å². The first kappa shape index (κ1) is 16.1. The smallest absolute Gasteiger partial charge is 0.319 e. The van der Waals surface area contributed by atoms with E-state index >= 15 is 0 Å². The highest BCUT2D eigenvalue weighted by molar-refractivity contribution is 8.00. The van der Waals surface area contributed by atoms with E-state index in [-0.39, 0.29) is 11.2 Å². The Morgan fingerprint density at radius 2 is 1.95 bits per heavy atom. The monoisotopic (exact) mass is 282 g/mol. The van der Waals surface area contributed by atoms with Gasteiger partial charge in [0, 0.05) is 0 Å². The number of benzene rings is 1. The van der Waals surface area contributed by atoms with Crippen molar-refractivity contribution in [2.75, 3.05) is 6.61 Å². The van der Waals surface area contributed by atoms with Gasteiger partial charge in [-0.05, 0) is 24.8 Å². The summed E-state index contributed by atoms with van der Waals surface area (Å²) >= 11 is 1.26. The van der Waals surface area contributed by atoms with Crippen LogP contribution in [0.2, 0.25) is 0 Å². The fraction of sp³-hybridized carbons (Fsp3) is 0.533. The average Bonchev–Trinajstić information content (AvgIpc) is 2.38. The molecule has 0 amide bonds. The fourth-order valence-electron chi connectivity index (χ4n) is 1.72. The first-order chi connectivity index (χ1) is 9.04. The number of aliphatic hydroxyl groups is 1. The lowest BCUT2D eigenvalue weighted by Gasteiger charge is -2.20. The molecule has 0 aliphatic rings. The van der Waals surface area contributed by atoms with Gasteiger partial charge in [-0.2, -0.15) is 0 Å². The van der Waals surface area contributed by atoms with Gasteiger partial charge in [-0.1, -0.05) is 44.2 Å². The van der Waals surface area contributed by atoms with E-state index in [9.17, 15) is 9.90 Å². The highest BCUT2D eigenvalue weighted by atomic mass is 32.2. The standard InChI is InChI=1S/C15H22O3S/c1-4-18-14(16)13(10-11(2)3)19-15(17)12-8-6-5-7-9-12/h5-9,11,13,15,17H,4,10H2,1-3H3. The van der Waals surface area contributed by atoms with Gasteiger partial charge in [0.1, 0.15) is 10.7 Å². The highest BCUT2D eigenvalue weighted by Gasteiger charge is 2.25. The number of aliphatic hydroxyl groups excluding tert-OH is 1. The number of carbonyl (C=O) groups is 1. The molecule has 1 N–H and O–H groups in total. The number of rotatable bonds is 7. The number of thioether (sulfide) groups is 1. The molecule has 0 saturated heterocycles. The van der Waals surface area contributed by atoms with Crippen LogP contribution in [0, 0.1) is 5.92 Å². The van der Waals surface area contributed by atoms with E-state index in [2.05, 4.69) is 13.8 Å². The number of carbonyl (C=O) groups excluding carboxylic acids is 1. The van der Waals surface area contributed by atoms with E-state index in [1.165, 1.54) is 11.8 Å². The van der Waals surface area contributed by atoms with Crippen LogP contribution < -0.4 is 0 Å². The fourth-order valence-corrected chi connectivity index (χ4v) is 3.02. The molecule has 0 radical (unpaired) electrons. The third kappa shape index (κ3) is 5.66. The van der Waals surface area contributed by atoms with Gasteiger partial charge in [0.05, 0.1) is 6.61 Å². The summed E-state index contributed by atoms with van der Waals surface area (Å²) in [5.74, 6) is 0.140. The molecule has 0 aliphatic carbocycles. The number of hydrogen-bond donors (Lipinski definition) is 1. The Morgan fingerprint density at radius 1 is 1.32 bits per heavy atom. The molecule has 3 nitrogen and oxygen atoms in total. The van der Waals surface area contributed by atoms with E-state index < -0.39 is 5.44 Å². The van der Waals surface area contributed by atoms with Crippen LogP contribution in [0.3, 0.4) is 0 Å². The molecule has 2 atom stereocenters. The lowest BCUT2D eigenvalue weighted by Crippen LogP contribution is -2.23. The van der Waals surface area contributed by atoms with Crippen molar-refractivity contribution in [1.29, 1.82) is 0 Å². The van der Waals surface area contributed by atoms with Crippen molar-refractivity contribution < 1.29 is 14.6 Å².